The molecule has 1 aromatic rings. The lowest BCUT2D eigenvalue weighted by molar-refractivity contribution is -0.122. The Morgan fingerprint density at radius 2 is 2.50 bits per heavy atom. The summed E-state index contributed by atoms with van der Waals surface area (Å²) in [7, 11) is 0. The molecular weight excluding hydrogens is 148 g/mol. The van der Waals surface area contributed by atoms with Crippen LogP contribution in [0.5, 0.6) is 0 Å². The van der Waals surface area contributed by atoms with E-state index in [4.69, 9.17) is 0 Å². The average Bonchev–Trinajstić information content (AvgIpc) is 2.38. The summed E-state index contributed by atoms with van der Waals surface area (Å²) >= 11 is 1.37. The average molecular weight is 156 g/mol. The molecule has 0 amide bonds. The van der Waals surface area contributed by atoms with Crippen LogP contribution in [0.4, 0.5) is 0 Å². The van der Waals surface area contributed by atoms with Crippen molar-refractivity contribution in [3.63, 3.8) is 0 Å². The van der Waals surface area contributed by atoms with E-state index in [1.165, 1.54) is 18.3 Å². The first kappa shape index (κ1) is 7.44. The highest BCUT2D eigenvalue weighted by Crippen LogP contribution is 2.22. The van der Waals surface area contributed by atoms with E-state index in [0.29, 0.717) is 11.2 Å². The number of hydrogen-bond acceptors (Lipinski definition) is 3. The third kappa shape index (κ3) is 1.25. The van der Waals surface area contributed by atoms with Crippen molar-refractivity contribution in [2.24, 2.45) is 0 Å². The largest absolute Gasteiger partial charge is 0.377 e. The molecule has 0 aliphatic rings. The van der Waals surface area contributed by atoms with Gasteiger partial charge in [0.2, 0.25) is 0 Å². The summed E-state index contributed by atoms with van der Waals surface area (Å²) in [4.78, 5) is 11.0. The number of thiophene rings is 1. The normalized spacial score (nSPS) is 16.2. The van der Waals surface area contributed by atoms with Crippen LogP contribution in [0.15, 0.2) is 17.5 Å². The molecule has 2 nitrogen and oxygen atoms in total. The van der Waals surface area contributed by atoms with Crippen LogP contribution in [0.3, 0.4) is 0 Å². The van der Waals surface area contributed by atoms with E-state index in [9.17, 15) is 9.90 Å². The van der Waals surface area contributed by atoms with Crippen molar-refractivity contribution in [3.8, 4) is 0 Å². The molecule has 10 heavy (non-hydrogen) atoms. The van der Waals surface area contributed by atoms with E-state index in [-0.39, 0.29) is 0 Å². The summed E-state index contributed by atoms with van der Waals surface area (Å²) in [6, 6.07) is 3.54. The highest BCUT2D eigenvalue weighted by Gasteiger charge is 2.22. The lowest BCUT2D eigenvalue weighted by atomic mass is 10.1. The molecule has 1 rings (SSSR count). The Labute approximate surface area is 63.1 Å². The second-order valence-electron chi connectivity index (χ2n) is 2.24. The molecule has 54 valence electrons. The maximum absolute atomic E-state index is 10.3. The number of carbonyl (C=O) groups is 1. The van der Waals surface area contributed by atoms with Gasteiger partial charge in [-0.25, -0.2) is 0 Å². The number of aliphatic hydroxyl groups is 1. The minimum absolute atomic E-state index is 0.541. The Morgan fingerprint density at radius 3 is 2.90 bits per heavy atom. The highest BCUT2D eigenvalue weighted by atomic mass is 32.1. The quantitative estimate of drug-likeness (QED) is 0.652. The Balaban J connectivity index is 2.95. The van der Waals surface area contributed by atoms with Gasteiger partial charge in [0.15, 0.2) is 11.9 Å². The minimum Gasteiger partial charge on any atom is -0.377 e. The molecule has 0 radical (unpaired) electrons. The summed E-state index contributed by atoms with van der Waals surface area (Å²) in [6.07, 6.45) is 0.541. The molecular formula is C7H8O2S. The smallest absolute Gasteiger partial charge is 0.156 e. The third-order valence-corrected chi connectivity index (χ3v) is 2.35. The van der Waals surface area contributed by atoms with Gasteiger partial charge in [0, 0.05) is 4.88 Å². The van der Waals surface area contributed by atoms with Gasteiger partial charge in [0.05, 0.1) is 0 Å². The van der Waals surface area contributed by atoms with Crippen molar-refractivity contribution in [1.82, 2.24) is 0 Å². The standard InChI is InChI=1S/C7H8O2S/c1-7(9,5-8)6-3-2-4-10-6/h2-5,9H,1H3. The first-order chi connectivity index (χ1) is 4.67. The predicted molar refractivity (Wildman–Crippen MR) is 40.0 cm³/mol. The topological polar surface area (TPSA) is 37.3 Å². The van der Waals surface area contributed by atoms with Crippen molar-refractivity contribution in [1.29, 1.82) is 0 Å². The van der Waals surface area contributed by atoms with Gasteiger partial charge in [-0.05, 0) is 18.4 Å². The number of rotatable bonds is 2. The lowest BCUT2D eigenvalue weighted by Crippen LogP contribution is -2.20. The lowest BCUT2D eigenvalue weighted by Gasteiger charge is -2.11. The summed E-state index contributed by atoms with van der Waals surface area (Å²) in [6.45, 7) is 1.48. The molecule has 0 saturated heterocycles. The van der Waals surface area contributed by atoms with Gasteiger partial charge in [0.1, 0.15) is 0 Å². The van der Waals surface area contributed by atoms with E-state index in [1.807, 2.05) is 5.38 Å². The molecule has 1 aromatic heterocycles. The zero-order valence-electron chi connectivity index (χ0n) is 5.57. The SMILES string of the molecule is CC(O)(C=O)c1cccs1. The van der Waals surface area contributed by atoms with Crippen LogP contribution in [-0.4, -0.2) is 11.4 Å². The minimum atomic E-state index is -1.30. The van der Waals surface area contributed by atoms with E-state index in [2.05, 4.69) is 0 Å². The Kier molecular flexibility index (Phi) is 1.87. The van der Waals surface area contributed by atoms with Gasteiger partial charge in [-0.2, -0.15) is 0 Å². The van der Waals surface area contributed by atoms with Gasteiger partial charge in [-0.15, -0.1) is 11.3 Å². The van der Waals surface area contributed by atoms with Crippen molar-refractivity contribution in [2.75, 3.05) is 0 Å². The van der Waals surface area contributed by atoms with E-state index < -0.39 is 5.60 Å². The maximum atomic E-state index is 10.3. The molecule has 1 N–H and O–H groups in total. The molecule has 1 atom stereocenters. The second-order valence-corrected chi connectivity index (χ2v) is 3.19. The van der Waals surface area contributed by atoms with Crippen molar-refractivity contribution in [2.45, 2.75) is 12.5 Å². The molecule has 0 aliphatic carbocycles. The highest BCUT2D eigenvalue weighted by molar-refractivity contribution is 7.10. The van der Waals surface area contributed by atoms with Gasteiger partial charge in [-0.3, -0.25) is 4.79 Å². The maximum Gasteiger partial charge on any atom is 0.156 e. The van der Waals surface area contributed by atoms with Crippen molar-refractivity contribution >= 4 is 17.6 Å². The monoisotopic (exact) mass is 156 g/mol. The molecule has 1 unspecified atom stereocenters. The molecule has 0 aliphatic heterocycles. The van der Waals surface area contributed by atoms with Crippen LogP contribution in [0.1, 0.15) is 11.8 Å². The Bertz CT molecular complexity index is 214. The second kappa shape index (κ2) is 2.52. The van der Waals surface area contributed by atoms with Crippen LogP contribution >= 0.6 is 11.3 Å². The fourth-order valence-corrected chi connectivity index (χ4v) is 1.37. The fraction of sp³-hybridized carbons (Fsp3) is 0.286. The molecule has 0 spiro atoms. The predicted octanol–water partition coefficient (Wildman–Crippen LogP) is 1.15. The molecule has 0 saturated carbocycles. The summed E-state index contributed by atoms with van der Waals surface area (Å²) < 4.78 is 0. The van der Waals surface area contributed by atoms with Gasteiger partial charge >= 0.3 is 0 Å². The Hall–Kier alpha value is -0.670. The van der Waals surface area contributed by atoms with Crippen LogP contribution in [0.25, 0.3) is 0 Å². The van der Waals surface area contributed by atoms with E-state index in [0.717, 1.165) is 0 Å². The fourth-order valence-electron chi connectivity index (χ4n) is 0.625. The number of aldehydes is 1. The molecule has 3 heteroatoms. The summed E-state index contributed by atoms with van der Waals surface area (Å²) in [5.41, 5.74) is -1.30. The van der Waals surface area contributed by atoms with Crippen LogP contribution in [-0.2, 0) is 10.4 Å². The van der Waals surface area contributed by atoms with Crippen molar-refractivity contribution < 1.29 is 9.90 Å². The van der Waals surface area contributed by atoms with Crippen LogP contribution in [0.2, 0.25) is 0 Å². The number of carbonyl (C=O) groups excluding carboxylic acids is 1. The van der Waals surface area contributed by atoms with E-state index >= 15 is 0 Å². The van der Waals surface area contributed by atoms with Gasteiger partial charge in [0.25, 0.3) is 0 Å². The summed E-state index contributed by atoms with van der Waals surface area (Å²) in [5, 5.41) is 11.2. The van der Waals surface area contributed by atoms with E-state index in [1.54, 1.807) is 12.1 Å². The van der Waals surface area contributed by atoms with Gasteiger partial charge in [-0.1, -0.05) is 6.07 Å². The third-order valence-electron chi connectivity index (χ3n) is 1.25. The number of hydrogen-bond donors (Lipinski definition) is 1. The van der Waals surface area contributed by atoms with Crippen molar-refractivity contribution in [3.05, 3.63) is 22.4 Å². The first-order valence-corrected chi connectivity index (χ1v) is 3.77. The molecule has 1 heterocycles. The van der Waals surface area contributed by atoms with Crippen LogP contribution in [0, 0.1) is 0 Å². The first-order valence-electron chi connectivity index (χ1n) is 2.89. The summed E-state index contributed by atoms with van der Waals surface area (Å²) in [5.74, 6) is 0. The molecule has 0 aromatic carbocycles. The zero-order valence-corrected chi connectivity index (χ0v) is 6.39. The zero-order chi connectivity index (χ0) is 7.61. The molecule has 0 fully saturated rings. The van der Waals surface area contributed by atoms with Gasteiger partial charge < -0.3 is 5.11 Å². The Morgan fingerprint density at radius 1 is 1.80 bits per heavy atom. The van der Waals surface area contributed by atoms with Crippen LogP contribution < -0.4 is 0 Å². The molecule has 0 bridgehead atoms.